The van der Waals surface area contributed by atoms with Crippen molar-refractivity contribution in [2.75, 3.05) is 99.0 Å². The van der Waals surface area contributed by atoms with Crippen LogP contribution in [-0.2, 0) is 140 Å². The Kier molecular flexibility index (Phi) is 46.8. The first-order valence-corrected chi connectivity index (χ1v) is 50.6. The fourth-order valence-corrected chi connectivity index (χ4v) is 21.2. The molecule has 0 aromatic heterocycles. The van der Waals surface area contributed by atoms with E-state index in [0.29, 0.717) is 0 Å². The van der Waals surface area contributed by atoms with E-state index < -0.39 is 490 Å². The zero-order chi connectivity index (χ0) is 111. The van der Waals surface area contributed by atoms with Gasteiger partial charge in [0.15, 0.2) is 62.9 Å². The summed E-state index contributed by atoms with van der Waals surface area (Å²) in [4.78, 5) is 45.8. The quantitative estimate of drug-likeness (QED) is 0.0252. The van der Waals surface area contributed by atoms with Gasteiger partial charge in [-0.1, -0.05) is 0 Å². The van der Waals surface area contributed by atoms with Crippen LogP contribution in [0.25, 0.3) is 0 Å². The molecule has 878 valence electrons. The molecule has 61 atom stereocenters. The molecule has 0 spiro atoms. The van der Waals surface area contributed by atoms with Gasteiger partial charge in [-0.2, -0.15) is 4.31 Å². The van der Waals surface area contributed by atoms with Crippen LogP contribution in [0.5, 0.6) is 0 Å². The molecule has 11 rings (SSSR count). The Bertz CT molecular complexity index is 4220. The van der Waals surface area contributed by atoms with E-state index in [1.807, 2.05) is 0 Å². The summed E-state index contributed by atoms with van der Waals surface area (Å²) in [5, 5.41) is 416. The molecule has 11 aliphatic rings. The van der Waals surface area contributed by atoms with Gasteiger partial charge in [0.2, 0.25) is 0 Å². The van der Waals surface area contributed by atoms with Crippen molar-refractivity contribution in [1.29, 1.82) is 0 Å². The predicted octanol–water partition coefficient (Wildman–Crippen LogP) is -26.7. The number of carboxylic acids is 1. The van der Waals surface area contributed by atoms with Gasteiger partial charge in [0.25, 0.3) is 5.79 Å². The van der Waals surface area contributed by atoms with E-state index in [4.69, 9.17) is 125 Å². The molecule has 72 nitrogen and oxygen atoms in total. The van der Waals surface area contributed by atoms with Gasteiger partial charge in [0.05, 0.1) is 85.9 Å². The van der Waals surface area contributed by atoms with Crippen molar-refractivity contribution in [3.8, 4) is 0 Å². The molecule has 150 heavy (non-hydrogen) atoms. The van der Waals surface area contributed by atoms with Crippen molar-refractivity contribution in [3.05, 3.63) is 0 Å². The first kappa shape index (κ1) is 128. The number of nitrogens with two attached hydrogens (primary N) is 2. The third kappa shape index (κ3) is 28.7. The molecule has 0 amide bonds. The normalized spacial score (nSPS) is 48.1. The van der Waals surface area contributed by atoms with Crippen molar-refractivity contribution in [3.63, 3.8) is 0 Å². The lowest BCUT2D eigenvalue weighted by Gasteiger charge is -2.53. The van der Waals surface area contributed by atoms with E-state index in [2.05, 4.69) is 8.83 Å². The van der Waals surface area contributed by atoms with Crippen LogP contribution in [0.2, 0.25) is 0 Å². The minimum atomic E-state index is -6.50. The summed E-state index contributed by atoms with van der Waals surface area (Å²) in [5.74, 6) is -6.37. The molecule has 0 saturated carbocycles. The zero-order valence-corrected chi connectivity index (χ0v) is 80.5. The SMILES string of the molecule is NCCOP(=O)(O)O[C@@H](CO)[C@H]1O[C@H](O[C@@H]2[C@H](O)[C@@H](O[C@H]3[C@@H]([C@H](O)CO)O[C@@](O)(C(=O)O)C[C@H]3OP(=O)(O)OP(=O)(O)OCCN)O[C@H]([C@@H](O)CO)[C@H]2O[C@@H]2O[C@H](CO)[C@@H](O[C@@H]3O[C@H](CO)[C@@H](O[C@@H]4O[C@H](CO)[C@H](O)[C@H](O)[C@H]4O)[C@H](O)[C@H]3O)[C@H](O)[C@H]2O)[C@@H](O[C@H]2O[C@H]([C@@H](O)CO)[C@@H](O)[C@H](O)[C@@H]2O)[C@@H](O[C@H]2O[C@H](CO)[C@@H](O[C@@H]3O[C@H](CO)[C@@H](O[C@@H]4O[C@H](CO)[C@H](O[C@H]5O[C@H](CO)[C@H](O)[C@H](O)[C@H]5O)[C@H](O)[C@H]4O)[C@H](O)[C@H]3O)[C@H](O)[C@H]2O)[C@@H]1O. The van der Waals surface area contributed by atoms with Crippen LogP contribution in [0.4, 0.5) is 0 Å². The molecule has 11 aliphatic heterocycles. The van der Waals surface area contributed by atoms with Gasteiger partial charge in [0.1, 0.15) is 287 Å². The third-order valence-corrected chi connectivity index (χ3v) is 29.7. The lowest BCUT2D eigenvalue weighted by molar-refractivity contribution is -0.425. The molecule has 11 fully saturated rings. The summed E-state index contributed by atoms with van der Waals surface area (Å²) in [6.45, 7) is -18.4. The fourth-order valence-electron chi connectivity index (χ4n) is 18.1. The maximum absolute atomic E-state index is 14.0. The number of phosphoric ester groups is 3. The lowest BCUT2D eigenvalue weighted by Crippen LogP contribution is -2.71. The highest BCUT2D eigenvalue weighted by atomic mass is 31.3. The van der Waals surface area contributed by atoms with E-state index in [1.165, 1.54) is 0 Å². The highest BCUT2D eigenvalue weighted by Gasteiger charge is 2.66. The Balaban J connectivity index is 0.989. The number of ether oxygens (including phenoxy) is 21. The molecule has 44 N–H and O–H groups in total. The number of hydrogen-bond acceptors (Lipinski definition) is 68. The van der Waals surface area contributed by atoms with Crippen molar-refractivity contribution in [1.82, 2.24) is 0 Å². The second kappa shape index (κ2) is 55.0. The molecule has 75 heteroatoms. The summed E-state index contributed by atoms with van der Waals surface area (Å²) in [6, 6.07) is 0. The Labute approximate surface area is 843 Å². The number of aliphatic hydroxyl groups excluding tert-OH is 35. The third-order valence-electron chi connectivity index (χ3n) is 26.0. The van der Waals surface area contributed by atoms with Gasteiger partial charge in [-0.15, -0.1) is 0 Å². The molecule has 0 radical (unpaired) electrons. The maximum Gasteiger partial charge on any atom is 0.481 e. The second-order valence-corrected chi connectivity index (χ2v) is 40.5. The van der Waals surface area contributed by atoms with E-state index in [9.17, 15) is 222 Å². The van der Waals surface area contributed by atoms with Gasteiger partial charge >= 0.3 is 29.4 Å². The Morgan fingerprint density at radius 3 is 0.927 bits per heavy atom. The number of phosphoric acid groups is 3. The minimum Gasteiger partial charge on any atom is -0.477 e. The molecular formula is C75H133N2O70P3. The molecular weight excluding hydrogens is 2140 g/mol. The second-order valence-electron chi connectivity index (χ2n) is 36.1. The first-order valence-electron chi connectivity index (χ1n) is 46.1. The van der Waals surface area contributed by atoms with Gasteiger partial charge in [-0.05, 0) is 0 Å². The minimum absolute atomic E-state index is 0.607. The Morgan fingerprint density at radius 2 is 0.573 bits per heavy atom. The zero-order valence-electron chi connectivity index (χ0n) is 77.9. The van der Waals surface area contributed by atoms with Gasteiger partial charge < -0.3 is 315 Å². The topological polar surface area (TPSA) is 1170 Å². The standard InChI is InChI=1S/C75H133N2O70P3/c76-1-3-122-148(116,117)146-28(16-88)58-48(111)60(140-69-46(109)38(101)56(26(14-86)129-69)136-68-45(108)37(100)55(25(13-85)128-68)135-66-43(106)35(98)53(23(11-83)126-66)133-64-40(103)31(94)29(92)21(9-81)124-64)63(143-71-42(105)33(96)34(97)50(131-71)17(89)6-78)73(138-58)141-61-49(112)72(139-59-20(145-150(120,121)147-149(118,119)123-4-2-77)5-75(115,74(113)114)144-52(59)19(91)8-80)132-51(18(90)7-79)62(61)142-70-47(110)39(102)57(27(15-87)130-70)137-67-44(107)36(99)54(24(12-84)127-67)134-65-41(104)32(95)30(93)22(10-82)125-65/h17-73,78-112,115H,1-16,76-77H2,(H,113,114)(H,116,117)(H,118,119)(H,120,121)/t17-,18-,19+,20+,21+,22+,23+,24+,25+,26+,27+,28-,29-,30-,31-,32-,33-,34-,35+,36+,37+,38+,39+,40+,41+,42-,43+,44+,45+,46+,47+,48+,49-,50+,51+,52+,53-,54+,55+,56+,57+,58+,59+,60-,61+,62+,63-,64+,65-,66-,67-,68-,69+,70-,71+,72+,73+,75+/m0/s1. The predicted molar refractivity (Wildman–Crippen MR) is 450 cm³/mol. The van der Waals surface area contributed by atoms with Gasteiger partial charge in [0, 0.05) is 19.5 Å². The monoisotopic (exact) mass is 2270 g/mol. The highest BCUT2D eigenvalue weighted by molar-refractivity contribution is 7.61. The molecule has 0 bridgehead atoms. The maximum atomic E-state index is 14.0. The van der Waals surface area contributed by atoms with E-state index in [0.717, 1.165) is 0 Å². The largest absolute Gasteiger partial charge is 0.481 e. The van der Waals surface area contributed by atoms with Crippen LogP contribution < -0.4 is 11.5 Å². The molecule has 0 aliphatic carbocycles. The summed E-state index contributed by atoms with van der Waals surface area (Å²) >= 11 is 0. The Hall–Kier alpha value is -2.52. The van der Waals surface area contributed by atoms with Crippen LogP contribution >= 0.6 is 23.5 Å². The number of rotatable bonds is 48. The number of aliphatic carboxylic acids is 1. The fraction of sp³-hybridized carbons (Fsp3) is 0.987. The number of hydrogen-bond donors (Lipinski definition) is 42. The van der Waals surface area contributed by atoms with Crippen molar-refractivity contribution >= 4 is 29.4 Å². The van der Waals surface area contributed by atoms with E-state index >= 15 is 0 Å². The average molecular weight is 2280 g/mol. The van der Waals surface area contributed by atoms with Gasteiger partial charge in [-0.25, -0.2) is 18.5 Å². The summed E-state index contributed by atoms with van der Waals surface area (Å²) in [5.41, 5.74) is 10.9. The molecule has 0 aromatic rings. The number of aliphatic hydroxyl groups is 36. The summed E-state index contributed by atoms with van der Waals surface area (Å²) < 4.78 is 188. The number of carboxylic acid groups (broad SMARTS) is 1. The smallest absolute Gasteiger partial charge is 0.477 e. The van der Waals surface area contributed by atoms with Crippen molar-refractivity contribution in [2.45, 2.75) is 362 Å². The number of carbonyl (C=O) groups is 1. The molecule has 3 unspecified atom stereocenters. The summed E-state index contributed by atoms with van der Waals surface area (Å²) in [7, 11) is -18.2. The van der Waals surface area contributed by atoms with Crippen molar-refractivity contribution < 1.29 is 344 Å². The van der Waals surface area contributed by atoms with Crippen molar-refractivity contribution in [2.24, 2.45) is 11.5 Å². The average Bonchev–Trinajstić information content (AvgIpc) is 0.744. The van der Waals surface area contributed by atoms with Crippen LogP contribution in [0.3, 0.4) is 0 Å². The lowest BCUT2D eigenvalue weighted by atomic mass is 9.91. The first-order chi connectivity index (χ1) is 70.6. The van der Waals surface area contributed by atoms with Crippen LogP contribution in [-0.4, -0.2) is 664 Å². The molecule has 11 saturated heterocycles. The van der Waals surface area contributed by atoms with Crippen LogP contribution in [0, 0.1) is 0 Å². The van der Waals surface area contributed by atoms with E-state index in [1.54, 1.807) is 0 Å². The van der Waals surface area contributed by atoms with Crippen LogP contribution in [0.1, 0.15) is 6.42 Å². The molecule has 11 heterocycles. The van der Waals surface area contributed by atoms with Gasteiger partial charge in [-0.3, -0.25) is 18.1 Å². The van der Waals surface area contributed by atoms with E-state index in [-0.39, 0.29) is 0 Å². The molecule has 0 aromatic carbocycles. The highest BCUT2D eigenvalue weighted by Crippen LogP contribution is 2.62. The summed E-state index contributed by atoms with van der Waals surface area (Å²) in [6.07, 6.45) is -145. The van der Waals surface area contributed by atoms with Crippen LogP contribution in [0.15, 0.2) is 0 Å². The Morgan fingerprint density at radius 1 is 0.293 bits per heavy atom.